The molecule has 10 heavy (non-hydrogen) atoms. The molecule has 0 spiro atoms. The second-order valence-corrected chi connectivity index (χ2v) is 7.66. The predicted octanol–water partition coefficient (Wildman–Crippen LogP) is 2.65. The third-order valence-corrected chi connectivity index (χ3v) is 1.65. The third kappa shape index (κ3) is 7.52. The summed E-state index contributed by atoms with van der Waals surface area (Å²) in [5.74, 6) is 0. The monoisotopic (exact) mass is 349 g/mol. The summed E-state index contributed by atoms with van der Waals surface area (Å²) in [6, 6.07) is 0.536. The van der Waals surface area contributed by atoms with Crippen LogP contribution in [0.5, 0.6) is 0 Å². The van der Waals surface area contributed by atoms with Crippen molar-refractivity contribution in [3.05, 3.63) is 0 Å². The van der Waals surface area contributed by atoms with Gasteiger partial charge in [0.1, 0.15) is 0 Å². The summed E-state index contributed by atoms with van der Waals surface area (Å²) in [4.78, 5) is 0. The molecule has 0 saturated heterocycles. The van der Waals surface area contributed by atoms with Crippen molar-refractivity contribution in [1.82, 2.24) is 0 Å². The first-order chi connectivity index (χ1) is 4.81. The number of halogens is 2. The molecule has 0 atom stereocenters. The molecule has 2 N–H and O–H groups in total. The van der Waals surface area contributed by atoms with Crippen molar-refractivity contribution in [3.8, 4) is 0 Å². The SMILES string of the molecule is NC1CCCCC1.[Cl][Hf][Cl]. The zero-order valence-electron chi connectivity index (χ0n) is 5.95. The Labute approximate surface area is 81.1 Å². The molecule has 1 rings (SSSR count). The van der Waals surface area contributed by atoms with E-state index in [1.54, 1.807) is 0 Å². The molecule has 0 heterocycles. The van der Waals surface area contributed by atoms with Gasteiger partial charge >= 0.3 is 37.7 Å². The van der Waals surface area contributed by atoms with Gasteiger partial charge in [0.25, 0.3) is 0 Å². The van der Waals surface area contributed by atoms with Crippen LogP contribution in [0.15, 0.2) is 0 Å². The van der Waals surface area contributed by atoms with Crippen molar-refractivity contribution in [2.75, 3.05) is 0 Å². The van der Waals surface area contributed by atoms with E-state index in [0.29, 0.717) is 6.04 Å². The van der Waals surface area contributed by atoms with Gasteiger partial charge in [0.05, 0.1) is 0 Å². The van der Waals surface area contributed by atoms with E-state index in [1.807, 2.05) is 0 Å². The van der Waals surface area contributed by atoms with E-state index in [2.05, 4.69) is 0 Å². The first-order valence-electron chi connectivity index (χ1n) is 3.53. The fraction of sp³-hybridized carbons (Fsp3) is 1.00. The minimum absolute atomic E-state index is 0.536. The van der Waals surface area contributed by atoms with Gasteiger partial charge in [0.2, 0.25) is 0 Å². The topological polar surface area (TPSA) is 26.0 Å². The molecule has 0 aromatic heterocycles. The molecule has 1 aliphatic rings. The second kappa shape index (κ2) is 8.51. The van der Waals surface area contributed by atoms with Crippen molar-refractivity contribution in [3.63, 3.8) is 0 Å². The van der Waals surface area contributed by atoms with E-state index in [0.717, 1.165) is 0 Å². The molecule has 0 aromatic rings. The quantitative estimate of drug-likeness (QED) is 0.669. The van der Waals surface area contributed by atoms with Crippen molar-refractivity contribution in [1.29, 1.82) is 0 Å². The fourth-order valence-electron chi connectivity index (χ4n) is 1.13. The summed E-state index contributed by atoms with van der Waals surface area (Å²) < 4.78 is 0. The maximum absolute atomic E-state index is 5.63. The van der Waals surface area contributed by atoms with Crippen LogP contribution in [0.2, 0.25) is 0 Å². The molecule has 1 saturated carbocycles. The van der Waals surface area contributed by atoms with Gasteiger partial charge in [-0.3, -0.25) is 0 Å². The first kappa shape index (κ1) is 11.4. The molecule has 1 nitrogen and oxygen atoms in total. The van der Waals surface area contributed by atoms with Crippen LogP contribution in [0.3, 0.4) is 0 Å². The molecule has 1 fully saturated rings. The van der Waals surface area contributed by atoms with E-state index in [9.17, 15) is 0 Å². The van der Waals surface area contributed by atoms with Crippen molar-refractivity contribution < 1.29 is 20.5 Å². The average molecular weight is 349 g/mol. The Hall–Kier alpha value is 1.41. The molecular formula is C6H13Cl2HfN. The van der Waals surface area contributed by atoms with Crippen molar-refractivity contribution in [2.24, 2.45) is 5.73 Å². The van der Waals surface area contributed by atoms with Gasteiger partial charge in [0, 0.05) is 6.04 Å². The first-order valence-corrected chi connectivity index (χ1v) is 12.4. The van der Waals surface area contributed by atoms with E-state index >= 15 is 0 Å². The predicted molar refractivity (Wildman–Crippen MR) is 42.8 cm³/mol. The van der Waals surface area contributed by atoms with E-state index < -0.39 is 20.5 Å². The molecular weight excluding hydrogens is 335 g/mol. The third-order valence-electron chi connectivity index (χ3n) is 1.65. The van der Waals surface area contributed by atoms with Crippen LogP contribution in [0.25, 0.3) is 0 Å². The number of hydrogen-bond donors (Lipinski definition) is 1. The summed E-state index contributed by atoms with van der Waals surface area (Å²) in [6.07, 6.45) is 6.66. The standard InChI is InChI=1S/C6H13N.2ClH.Hf/c7-6-4-2-1-3-5-6;;;/h6H,1-5,7H2;2*1H;/q;;;+2/p-2. The summed E-state index contributed by atoms with van der Waals surface area (Å²) >= 11 is -0.972. The van der Waals surface area contributed by atoms with Gasteiger partial charge < -0.3 is 5.73 Å². The van der Waals surface area contributed by atoms with Crippen LogP contribution in [0, 0.1) is 0 Å². The minimum atomic E-state index is -0.972. The van der Waals surface area contributed by atoms with Gasteiger partial charge in [-0.05, 0) is 12.8 Å². The Morgan fingerprint density at radius 3 is 1.70 bits per heavy atom. The van der Waals surface area contributed by atoms with Crippen LogP contribution < -0.4 is 5.73 Å². The normalized spacial score (nSPS) is 19.1. The van der Waals surface area contributed by atoms with Crippen LogP contribution in [-0.4, -0.2) is 6.04 Å². The summed E-state index contributed by atoms with van der Waals surface area (Å²) in [5.41, 5.74) is 5.63. The van der Waals surface area contributed by atoms with Crippen LogP contribution in [0.4, 0.5) is 0 Å². The second-order valence-electron chi connectivity index (χ2n) is 2.47. The number of rotatable bonds is 0. The Morgan fingerprint density at radius 2 is 1.50 bits per heavy atom. The summed E-state index contributed by atoms with van der Waals surface area (Å²) in [5, 5.41) is 0. The molecule has 60 valence electrons. The van der Waals surface area contributed by atoms with E-state index in [-0.39, 0.29) is 0 Å². The summed E-state index contributed by atoms with van der Waals surface area (Å²) in [7, 11) is 9.92. The average Bonchev–Trinajstić information content (AvgIpc) is 1.91. The van der Waals surface area contributed by atoms with E-state index in [4.69, 9.17) is 22.9 Å². The molecule has 4 heteroatoms. The molecule has 0 bridgehead atoms. The summed E-state index contributed by atoms with van der Waals surface area (Å²) in [6.45, 7) is 0. The Morgan fingerprint density at radius 1 is 1.10 bits per heavy atom. The molecule has 0 aliphatic heterocycles. The van der Waals surface area contributed by atoms with Crippen LogP contribution in [0.1, 0.15) is 32.1 Å². The van der Waals surface area contributed by atoms with Gasteiger partial charge in [-0.2, -0.15) is 0 Å². The van der Waals surface area contributed by atoms with Gasteiger partial charge in [-0.1, -0.05) is 19.3 Å². The van der Waals surface area contributed by atoms with Crippen molar-refractivity contribution in [2.45, 2.75) is 38.1 Å². The molecule has 1 aliphatic carbocycles. The zero-order chi connectivity index (χ0) is 7.82. The zero-order valence-corrected chi connectivity index (χ0v) is 11.1. The maximum atomic E-state index is 5.63. The Balaban J connectivity index is 0.000000236. The van der Waals surface area contributed by atoms with Gasteiger partial charge in [-0.25, -0.2) is 0 Å². The Kier molecular flexibility index (Phi) is 9.71. The van der Waals surface area contributed by atoms with Gasteiger partial charge in [-0.15, -0.1) is 0 Å². The van der Waals surface area contributed by atoms with Gasteiger partial charge in [0.15, 0.2) is 0 Å². The van der Waals surface area contributed by atoms with Crippen LogP contribution in [-0.2, 0) is 20.5 Å². The molecule has 0 unspecified atom stereocenters. The van der Waals surface area contributed by atoms with Crippen molar-refractivity contribution >= 4 is 17.2 Å². The number of nitrogens with two attached hydrogens (primary N) is 1. The van der Waals surface area contributed by atoms with Crippen LogP contribution >= 0.6 is 17.2 Å². The Bertz CT molecular complexity index is 66.8. The molecule has 0 amide bonds. The van der Waals surface area contributed by atoms with E-state index in [1.165, 1.54) is 32.1 Å². The molecule has 0 aromatic carbocycles. The molecule has 0 radical (unpaired) electrons. The fourth-order valence-corrected chi connectivity index (χ4v) is 1.13. The number of hydrogen-bond acceptors (Lipinski definition) is 1.